The van der Waals surface area contributed by atoms with Gasteiger partial charge >= 0.3 is 0 Å². The summed E-state index contributed by atoms with van der Waals surface area (Å²) in [5, 5.41) is 2.91. The highest BCUT2D eigenvalue weighted by atomic mass is 19.3. The summed E-state index contributed by atoms with van der Waals surface area (Å²) in [5.74, 6) is -2.49. The van der Waals surface area contributed by atoms with E-state index in [0.717, 1.165) is 11.3 Å². The average Bonchev–Trinajstić information content (AvgIpc) is 3.57. The summed E-state index contributed by atoms with van der Waals surface area (Å²) < 4.78 is 45.1. The highest BCUT2D eigenvalue weighted by Gasteiger charge is 2.35. The van der Waals surface area contributed by atoms with Gasteiger partial charge in [-0.2, -0.15) is 4.98 Å². The first-order chi connectivity index (χ1) is 18.3. The number of hydrogen-bond donors (Lipinski definition) is 1. The first kappa shape index (κ1) is 24.4. The van der Waals surface area contributed by atoms with Gasteiger partial charge in [0.25, 0.3) is 17.8 Å². The molecule has 198 valence electrons. The number of benzene rings is 1. The number of pyridine rings is 1. The lowest BCUT2D eigenvalue weighted by atomic mass is 10.1. The molecule has 2 aliphatic rings. The number of anilines is 3. The van der Waals surface area contributed by atoms with Crippen LogP contribution in [0.1, 0.15) is 29.1 Å². The first-order valence-corrected chi connectivity index (χ1v) is 12.6. The molecular formula is C27H27F2N5O4. The number of nitrogens with zero attached hydrogens (tertiary/aromatic N) is 4. The summed E-state index contributed by atoms with van der Waals surface area (Å²) in [6.07, 6.45) is 1.16. The van der Waals surface area contributed by atoms with Crippen LogP contribution in [0.25, 0.3) is 22.4 Å². The minimum Gasteiger partial charge on any atom is -0.451 e. The lowest BCUT2D eigenvalue weighted by molar-refractivity contribution is -0.0220. The van der Waals surface area contributed by atoms with Crippen molar-refractivity contribution in [1.29, 1.82) is 0 Å². The van der Waals surface area contributed by atoms with Crippen molar-refractivity contribution in [3.63, 3.8) is 0 Å². The van der Waals surface area contributed by atoms with Gasteiger partial charge < -0.3 is 28.7 Å². The highest BCUT2D eigenvalue weighted by Crippen LogP contribution is 2.38. The second-order valence-corrected chi connectivity index (χ2v) is 9.58. The number of hydrogen-bond acceptors (Lipinski definition) is 8. The number of furan rings is 1. The number of halogens is 2. The van der Waals surface area contributed by atoms with E-state index in [-0.39, 0.29) is 31.7 Å². The van der Waals surface area contributed by atoms with Gasteiger partial charge in [0.2, 0.25) is 0 Å². The lowest BCUT2D eigenvalue weighted by Gasteiger charge is -2.34. The molecule has 0 unspecified atom stereocenters. The second-order valence-electron chi connectivity index (χ2n) is 9.58. The van der Waals surface area contributed by atoms with E-state index < -0.39 is 11.8 Å². The van der Waals surface area contributed by atoms with E-state index in [9.17, 15) is 13.6 Å². The van der Waals surface area contributed by atoms with Gasteiger partial charge in [0.1, 0.15) is 11.3 Å². The Hall–Kier alpha value is -3.99. The second kappa shape index (κ2) is 9.71. The zero-order chi connectivity index (χ0) is 26.3. The molecule has 11 heteroatoms. The number of carbonyl (C=O) groups excluding carboxylic acids is 1. The first-order valence-electron chi connectivity index (χ1n) is 12.6. The van der Waals surface area contributed by atoms with E-state index in [1.54, 1.807) is 30.5 Å². The van der Waals surface area contributed by atoms with Crippen molar-refractivity contribution in [2.45, 2.75) is 25.7 Å². The van der Waals surface area contributed by atoms with Crippen molar-refractivity contribution >= 4 is 34.4 Å². The predicted molar refractivity (Wildman–Crippen MR) is 138 cm³/mol. The standard InChI is InChI=1S/C27H27F2N5O4/c1-17-14-18(4-7-30-17)22-2-3-23(37-22)25(35)31-19-16-24-20(32-26(38-24)34-10-12-36-13-11-34)15-21(19)33-8-5-27(28,29)6-9-33/h2-4,7,14-16H,5-6,8-13H2,1H3,(H,31,35). The van der Waals surface area contributed by atoms with Gasteiger partial charge in [0.05, 0.1) is 24.6 Å². The molecular weight excluding hydrogens is 496 g/mol. The van der Waals surface area contributed by atoms with Gasteiger partial charge in [0.15, 0.2) is 11.3 Å². The maximum absolute atomic E-state index is 13.9. The Labute approximate surface area is 217 Å². The van der Waals surface area contributed by atoms with Crippen LogP contribution in [0.4, 0.5) is 26.2 Å². The monoisotopic (exact) mass is 523 g/mol. The van der Waals surface area contributed by atoms with Crippen molar-refractivity contribution in [3.8, 4) is 11.3 Å². The fraction of sp³-hybridized carbons (Fsp3) is 0.370. The maximum Gasteiger partial charge on any atom is 0.298 e. The van der Waals surface area contributed by atoms with E-state index >= 15 is 0 Å². The number of piperidine rings is 1. The van der Waals surface area contributed by atoms with E-state index in [1.165, 1.54) is 0 Å². The van der Waals surface area contributed by atoms with Crippen LogP contribution in [0.2, 0.25) is 0 Å². The minimum absolute atomic E-state index is 0.122. The number of aryl methyl sites for hydroxylation is 1. The molecule has 6 rings (SSSR count). The number of rotatable bonds is 5. The van der Waals surface area contributed by atoms with Gasteiger partial charge in [-0.15, -0.1) is 0 Å². The number of oxazole rings is 1. The fourth-order valence-corrected chi connectivity index (χ4v) is 4.77. The number of ether oxygens (including phenoxy) is 1. The zero-order valence-corrected chi connectivity index (χ0v) is 20.9. The Morgan fingerprint density at radius 1 is 1.00 bits per heavy atom. The van der Waals surface area contributed by atoms with Crippen molar-refractivity contribution < 1.29 is 27.1 Å². The molecule has 0 atom stereocenters. The molecule has 5 heterocycles. The van der Waals surface area contributed by atoms with Gasteiger partial charge in [-0.25, -0.2) is 8.78 Å². The smallest absolute Gasteiger partial charge is 0.298 e. The predicted octanol–water partition coefficient (Wildman–Crippen LogP) is 5.12. The quantitative estimate of drug-likeness (QED) is 0.385. The van der Waals surface area contributed by atoms with Gasteiger partial charge in [-0.1, -0.05) is 0 Å². The molecule has 0 aliphatic carbocycles. The zero-order valence-electron chi connectivity index (χ0n) is 20.9. The van der Waals surface area contributed by atoms with Crippen LogP contribution in [-0.4, -0.2) is 61.2 Å². The van der Waals surface area contributed by atoms with Crippen LogP contribution >= 0.6 is 0 Å². The Balaban J connectivity index is 1.31. The highest BCUT2D eigenvalue weighted by molar-refractivity contribution is 6.06. The summed E-state index contributed by atoms with van der Waals surface area (Å²) in [7, 11) is 0. The van der Waals surface area contributed by atoms with Gasteiger partial charge in [0, 0.05) is 62.5 Å². The van der Waals surface area contributed by atoms with Crippen molar-refractivity contribution in [2.24, 2.45) is 0 Å². The molecule has 2 fully saturated rings. The number of nitrogens with one attached hydrogen (secondary N) is 1. The number of alkyl halides is 2. The van der Waals surface area contributed by atoms with E-state index in [4.69, 9.17) is 13.6 Å². The Morgan fingerprint density at radius 2 is 1.79 bits per heavy atom. The Morgan fingerprint density at radius 3 is 2.55 bits per heavy atom. The molecule has 4 aromatic rings. The molecule has 9 nitrogen and oxygen atoms in total. The third-order valence-corrected chi connectivity index (χ3v) is 6.87. The molecule has 0 radical (unpaired) electrons. The number of aromatic nitrogens is 2. The van der Waals surface area contributed by atoms with Gasteiger partial charge in [-0.05, 0) is 37.3 Å². The molecule has 0 bridgehead atoms. The molecule has 2 saturated heterocycles. The largest absolute Gasteiger partial charge is 0.451 e. The van der Waals surface area contributed by atoms with Crippen LogP contribution in [0.3, 0.4) is 0 Å². The van der Waals surface area contributed by atoms with Crippen LogP contribution < -0.4 is 15.1 Å². The van der Waals surface area contributed by atoms with Crippen molar-refractivity contribution in [1.82, 2.24) is 9.97 Å². The van der Waals surface area contributed by atoms with Gasteiger partial charge in [-0.3, -0.25) is 9.78 Å². The normalized spacial score (nSPS) is 17.7. The summed E-state index contributed by atoms with van der Waals surface area (Å²) >= 11 is 0. The average molecular weight is 524 g/mol. The number of carbonyl (C=O) groups is 1. The van der Waals surface area contributed by atoms with Crippen molar-refractivity contribution in [2.75, 3.05) is 54.5 Å². The molecule has 1 amide bonds. The molecule has 0 saturated carbocycles. The molecule has 1 aromatic carbocycles. The van der Waals surface area contributed by atoms with E-state index in [0.29, 0.717) is 60.6 Å². The van der Waals surface area contributed by atoms with Crippen LogP contribution in [-0.2, 0) is 4.74 Å². The van der Waals surface area contributed by atoms with Crippen molar-refractivity contribution in [3.05, 3.63) is 54.0 Å². The fourth-order valence-electron chi connectivity index (χ4n) is 4.77. The SMILES string of the molecule is Cc1cc(-c2ccc(C(=O)Nc3cc4oc(N5CCOCC5)nc4cc3N3CCC(F)(F)CC3)o2)ccn1. The third kappa shape index (κ3) is 4.93. The number of morpholine rings is 1. The Kier molecular flexibility index (Phi) is 6.22. The lowest BCUT2D eigenvalue weighted by Crippen LogP contribution is -2.39. The molecule has 2 aliphatic heterocycles. The number of fused-ring (bicyclic) bond motifs is 1. The van der Waals surface area contributed by atoms with Crippen LogP contribution in [0.5, 0.6) is 0 Å². The summed E-state index contributed by atoms with van der Waals surface area (Å²) in [6, 6.07) is 11.0. The summed E-state index contributed by atoms with van der Waals surface area (Å²) in [6.45, 7) is 4.66. The summed E-state index contributed by atoms with van der Waals surface area (Å²) in [4.78, 5) is 25.9. The molecule has 1 N–H and O–H groups in total. The number of amides is 1. The van der Waals surface area contributed by atoms with Crippen LogP contribution in [0, 0.1) is 6.92 Å². The molecule has 3 aromatic heterocycles. The van der Waals surface area contributed by atoms with Crippen LogP contribution in [0.15, 0.2) is 51.4 Å². The molecule has 0 spiro atoms. The third-order valence-electron chi connectivity index (χ3n) is 6.87. The van der Waals surface area contributed by atoms with E-state index in [1.807, 2.05) is 28.9 Å². The Bertz CT molecular complexity index is 1470. The maximum atomic E-state index is 13.9. The minimum atomic E-state index is -2.70. The topological polar surface area (TPSA) is 96.9 Å². The van der Waals surface area contributed by atoms with E-state index in [2.05, 4.69) is 15.3 Å². The summed E-state index contributed by atoms with van der Waals surface area (Å²) in [5.41, 5.74) is 3.77. The molecule has 38 heavy (non-hydrogen) atoms.